The number of piperidine rings is 1. The van der Waals surface area contributed by atoms with Crippen LogP contribution in [0.25, 0.3) is 0 Å². The number of benzene rings is 1. The zero-order chi connectivity index (χ0) is 18.5. The second-order valence-corrected chi connectivity index (χ2v) is 6.94. The molecule has 2 aromatic rings. The van der Waals surface area contributed by atoms with Crippen molar-refractivity contribution in [2.75, 3.05) is 44.3 Å². The summed E-state index contributed by atoms with van der Waals surface area (Å²) in [6, 6.07) is 11.7. The van der Waals surface area contributed by atoms with E-state index in [0.29, 0.717) is 0 Å². The minimum absolute atomic E-state index is 0.103. The first-order valence-corrected chi connectivity index (χ1v) is 9.58. The van der Waals surface area contributed by atoms with E-state index in [-0.39, 0.29) is 12.0 Å². The zero-order valence-corrected chi connectivity index (χ0v) is 15.4. The number of morpholine rings is 1. The Labute approximate surface area is 159 Å². The largest absolute Gasteiger partial charge is 0.490 e. The fourth-order valence-corrected chi connectivity index (χ4v) is 3.60. The smallest absolute Gasteiger partial charge is 0.253 e. The summed E-state index contributed by atoms with van der Waals surface area (Å²) in [5.74, 6) is 0.944. The van der Waals surface area contributed by atoms with E-state index in [1.54, 1.807) is 12.4 Å². The average Bonchev–Trinajstić information content (AvgIpc) is 2.75. The number of carbonyl (C=O) groups excluding carboxylic acids is 1. The number of hydrogen-bond donors (Lipinski definition) is 0. The van der Waals surface area contributed by atoms with Crippen LogP contribution in [0, 0.1) is 0 Å². The number of aromatic nitrogens is 1. The predicted octanol–water partition coefficient (Wildman–Crippen LogP) is 2.60. The Hall–Kier alpha value is -2.60. The highest BCUT2D eigenvalue weighted by molar-refractivity contribution is 5.94. The van der Waals surface area contributed by atoms with Crippen LogP contribution in [0.15, 0.2) is 48.8 Å². The topological polar surface area (TPSA) is 54.9 Å². The van der Waals surface area contributed by atoms with Crippen LogP contribution in [0.1, 0.15) is 23.2 Å². The number of amides is 1. The van der Waals surface area contributed by atoms with Crippen LogP contribution in [0.4, 0.5) is 5.69 Å². The third kappa shape index (κ3) is 4.39. The van der Waals surface area contributed by atoms with Crippen molar-refractivity contribution >= 4 is 11.6 Å². The van der Waals surface area contributed by atoms with Gasteiger partial charge in [-0.2, -0.15) is 0 Å². The maximum atomic E-state index is 12.8. The number of nitrogens with zero attached hydrogens (tertiary/aromatic N) is 3. The maximum absolute atomic E-state index is 12.8. The molecule has 2 aliphatic heterocycles. The molecule has 0 spiro atoms. The number of likely N-dealkylation sites (tertiary alicyclic amines) is 1. The van der Waals surface area contributed by atoms with Gasteiger partial charge in [-0.15, -0.1) is 0 Å². The van der Waals surface area contributed by atoms with Gasteiger partial charge in [0.25, 0.3) is 5.91 Å². The quantitative estimate of drug-likeness (QED) is 0.831. The summed E-state index contributed by atoms with van der Waals surface area (Å²) in [4.78, 5) is 21.0. The van der Waals surface area contributed by atoms with Crippen molar-refractivity contribution in [3.8, 4) is 5.75 Å². The van der Waals surface area contributed by atoms with E-state index < -0.39 is 0 Å². The van der Waals surface area contributed by atoms with Crippen molar-refractivity contribution in [1.82, 2.24) is 9.88 Å². The van der Waals surface area contributed by atoms with E-state index in [2.05, 4.69) is 9.88 Å². The van der Waals surface area contributed by atoms with Crippen LogP contribution in [0.2, 0.25) is 0 Å². The third-order valence-corrected chi connectivity index (χ3v) is 5.17. The van der Waals surface area contributed by atoms with Crippen LogP contribution < -0.4 is 9.64 Å². The SMILES string of the molecule is O=C(c1ccc(N2CCOCC2)cc1)N1CCC(Oc2ccncc2)CC1. The molecule has 0 N–H and O–H groups in total. The number of carbonyl (C=O) groups is 1. The summed E-state index contributed by atoms with van der Waals surface area (Å²) >= 11 is 0. The molecule has 1 aromatic carbocycles. The van der Waals surface area contributed by atoms with Crippen molar-refractivity contribution in [3.05, 3.63) is 54.4 Å². The van der Waals surface area contributed by atoms with Crippen molar-refractivity contribution in [2.24, 2.45) is 0 Å². The maximum Gasteiger partial charge on any atom is 0.253 e. The molecule has 0 unspecified atom stereocenters. The van der Waals surface area contributed by atoms with Crippen molar-refractivity contribution < 1.29 is 14.3 Å². The van der Waals surface area contributed by atoms with Gasteiger partial charge in [-0.3, -0.25) is 9.78 Å². The predicted molar refractivity (Wildman–Crippen MR) is 103 cm³/mol. The molecule has 4 rings (SSSR count). The van der Waals surface area contributed by atoms with E-state index in [1.165, 1.54) is 0 Å². The first-order valence-electron chi connectivity index (χ1n) is 9.58. The lowest BCUT2D eigenvalue weighted by atomic mass is 10.1. The molecule has 3 heterocycles. The molecule has 27 heavy (non-hydrogen) atoms. The monoisotopic (exact) mass is 367 g/mol. The van der Waals surface area contributed by atoms with Crippen LogP contribution in [0.5, 0.6) is 5.75 Å². The van der Waals surface area contributed by atoms with E-state index in [9.17, 15) is 4.79 Å². The van der Waals surface area contributed by atoms with Gasteiger partial charge in [0.1, 0.15) is 11.9 Å². The van der Waals surface area contributed by atoms with Crippen molar-refractivity contribution in [3.63, 3.8) is 0 Å². The van der Waals surface area contributed by atoms with Gasteiger partial charge >= 0.3 is 0 Å². The van der Waals surface area contributed by atoms with Crippen molar-refractivity contribution in [2.45, 2.75) is 18.9 Å². The molecular formula is C21H25N3O3. The lowest BCUT2D eigenvalue weighted by Crippen LogP contribution is -2.41. The highest BCUT2D eigenvalue weighted by Gasteiger charge is 2.25. The second-order valence-electron chi connectivity index (χ2n) is 6.94. The number of pyridine rings is 1. The lowest BCUT2D eigenvalue weighted by molar-refractivity contribution is 0.0595. The third-order valence-electron chi connectivity index (χ3n) is 5.17. The summed E-state index contributed by atoms with van der Waals surface area (Å²) in [5, 5.41) is 0. The Kier molecular flexibility index (Phi) is 5.53. The van der Waals surface area contributed by atoms with E-state index >= 15 is 0 Å². The van der Waals surface area contributed by atoms with Crippen LogP contribution >= 0.6 is 0 Å². The number of rotatable bonds is 4. The minimum atomic E-state index is 0.103. The second kappa shape index (κ2) is 8.39. The van der Waals surface area contributed by atoms with E-state index in [1.807, 2.05) is 41.3 Å². The standard InChI is InChI=1S/C21H25N3O3/c25-21(17-1-3-18(4-2-17)23-13-15-26-16-14-23)24-11-7-20(8-12-24)27-19-5-9-22-10-6-19/h1-6,9-10,20H,7-8,11-16H2. The molecule has 2 saturated heterocycles. The molecule has 2 fully saturated rings. The van der Waals surface area contributed by atoms with Gasteiger partial charge in [-0.1, -0.05) is 0 Å². The molecule has 0 radical (unpaired) electrons. The fourth-order valence-electron chi connectivity index (χ4n) is 3.60. The van der Waals surface area contributed by atoms with Gasteiger partial charge in [0.05, 0.1) is 13.2 Å². The summed E-state index contributed by atoms with van der Waals surface area (Å²) in [7, 11) is 0. The first kappa shape index (κ1) is 17.8. The van der Waals surface area contributed by atoms with E-state index in [4.69, 9.17) is 9.47 Å². The molecule has 6 nitrogen and oxygen atoms in total. The highest BCUT2D eigenvalue weighted by Crippen LogP contribution is 2.21. The molecule has 1 amide bonds. The number of anilines is 1. The van der Waals surface area contributed by atoms with Gasteiger partial charge < -0.3 is 19.3 Å². The van der Waals surface area contributed by atoms with Crippen LogP contribution in [-0.4, -0.2) is 61.3 Å². The normalized spacial score (nSPS) is 18.4. The fraction of sp³-hybridized carbons (Fsp3) is 0.429. The molecule has 2 aliphatic rings. The van der Waals surface area contributed by atoms with Crippen molar-refractivity contribution in [1.29, 1.82) is 0 Å². The molecule has 0 aliphatic carbocycles. The first-order chi connectivity index (χ1) is 13.3. The summed E-state index contributed by atoms with van der Waals surface area (Å²) < 4.78 is 11.4. The molecule has 6 heteroatoms. The van der Waals surface area contributed by atoms with Gasteiger partial charge in [-0.25, -0.2) is 0 Å². The number of ether oxygens (including phenoxy) is 2. The Bertz CT molecular complexity index is 737. The Morgan fingerprint density at radius 2 is 1.63 bits per heavy atom. The lowest BCUT2D eigenvalue weighted by Gasteiger charge is -2.32. The molecular weight excluding hydrogens is 342 g/mol. The molecule has 1 aromatic heterocycles. The zero-order valence-electron chi connectivity index (χ0n) is 15.4. The Morgan fingerprint density at radius 3 is 2.30 bits per heavy atom. The van der Waals surface area contributed by atoms with Gasteiger partial charge in [0, 0.05) is 62.7 Å². The Morgan fingerprint density at radius 1 is 0.963 bits per heavy atom. The summed E-state index contributed by atoms with van der Waals surface area (Å²) in [6.45, 7) is 4.77. The molecule has 0 bridgehead atoms. The molecule has 0 saturated carbocycles. The van der Waals surface area contributed by atoms with Gasteiger partial charge in [0.2, 0.25) is 0 Å². The average molecular weight is 367 g/mol. The van der Waals surface area contributed by atoms with Gasteiger partial charge in [-0.05, 0) is 36.4 Å². The number of hydrogen-bond acceptors (Lipinski definition) is 5. The highest BCUT2D eigenvalue weighted by atomic mass is 16.5. The van der Waals surface area contributed by atoms with E-state index in [0.717, 1.165) is 69.2 Å². The summed E-state index contributed by atoms with van der Waals surface area (Å²) in [5.41, 5.74) is 1.90. The molecule has 142 valence electrons. The Balaban J connectivity index is 1.31. The molecule has 0 atom stereocenters. The van der Waals surface area contributed by atoms with Crippen LogP contribution in [0.3, 0.4) is 0 Å². The van der Waals surface area contributed by atoms with Crippen LogP contribution in [-0.2, 0) is 4.74 Å². The summed E-state index contributed by atoms with van der Waals surface area (Å²) in [6.07, 6.45) is 5.31. The minimum Gasteiger partial charge on any atom is -0.490 e. The van der Waals surface area contributed by atoms with Gasteiger partial charge in [0.15, 0.2) is 0 Å².